The van der Waals surface area contributed by atoms with Gasteiger partial charge >= 0.3 is 0 Å². The van der Waals surface area contributed by atoms with Crippen LogP contribution in [0, 0.1) is 28.6 Å². The highest BCUT2D eigenvalue weighted by Crippen LogP contribution is 2.71. The van der Waals surface area contributed by atoms with Crippen molar-refractivity contribution in [2.75, 3.05) is 26.3 Å². The Labute approximate surface area is 332 Å². The number of rotatable bonds is 9. The zero-order chi connectivity index (χ0) is 40.5. The molecule has 0 radical (unpaired) electrons. The van der Waals surface area contributed by atoms with Crippen LogP contribution in [0.15, 0.2) is 48.1 Å². The third-order valence-electron chi connectivity index (χ3n) is 15.6. The van der Waals surface area contributed by atoms with Crippen molar-refractivity contribution < 1.29 is 29.3 Å². The van der Waals surface area contributed by atoms with Gasteiger partial charge in [0.25, 0.3) is 0 Å². The van der Waals surface area contributed by atoms with Gasteiger partial charge in [0.1, 0.15) is 6.04 Å². The van der Waals surface area contributed by atoms with Crippen LogP contribution in [0.25, 0.3) is 16.5 Å². The van der Waals surface area contributed by atoms with E-state index in [2.05, 4.69) is 83.1 Å². The van der Waals surface area contributed by atoms with Gasteiger partial charge in [-0.3, -0.25) is 9.59 Å². The Balaban J connectivity index is 1.23. The van der Waals surface area contributed by atoms with Gasteiger partial charge in [0, 0.05) is 52.1 Å². The van der Waals surface area contributed by atoms with E-state index in [-0.39, 0.29) is 34.4 Å². The van der Waals surface area contributed by atoms with Gasteiger partial charge in [-0.15, -0.1) is 0 Å². The maximum Gasteiger partial charge on any atom is 0.246 e. The number of aliphatic hydroxyl groups excluding tert-OH is 2. The van der Waals surface area contributed by atoms with Crippen molar-refractivity contribution in [1.29, 1.82) is 0 Å². The lowest BCUT2D eigenvalue weighted by atomic mass is 9.40. The number of benzene rings is 1. The minimum atomic E-state index is -0.862. The fourth-order valence-corrected chi connectivity index (χ4v) is 13.1. The summed E-state index contributed by atoms with van der Waals surface area (Å²) in [5, 5.41) is 28.1. The normalized spacial score (nSPS) is 36.2. The summed E-state index contributed by atoms with van der Waals surface area (Å²) in [7, 11) is 0. The van der Waals surface area contributed by atoms with Crippen LogP contribution in [0.2, 0.25) is 0 Å². The quantitative estimate of drug-likeness (QED) is 0.0919. The van der Waals surface area contributed by atoms with Crippen molar-refractivity contribution in [3.05, 3.63) is 76.0 Å². The average Bonchev–Trinajstić information content (AvgIpc) is 3.78. The highest BCUT2D eigenvalue weighted by Gasteiger charge is 2.67. The summed E-state index contributed by atoms with van der Waals surface area (Å²) in [6, 6.07) is 1.76. The number of fused-ring (bicyclic) bond motifs is 11. The molecule has 9 unspecified atom stereocenters. The van der Waals surface area contributed by atoms with Crippen molar-refractivity contribution >= 4 is 28.2 Å². The number of nitrogens with zero attached hydrogens (tertiary/aromatic N) is 1. The fourth-order valence-electron chi connectivity index (χ4n) is 13.1. The zero-order valence-electron chi connectivity index (χ0n) is 35.0. The fraction of sp³-hybridized carbons (Fsp3) is 0.617. The largest absolute Gasteiger partial charge is 0.392 e. The Kier molecular flexibility index (Phi) is 9.23. The number of nitrogens with one attached hydrogen (secondary N) is 1. The number of carbonyl (C=O) groups excluding carboxylic acids is 2. The summed E-state index contributed by atoms with van der Waals surface area (Å²) >= 11 is 0. The topological polar surface area (TPSA) is 136 Å². The van der Waals surface area contributed by atoms with E-state index < -0.39 is 34.9 Å². The smallest absolute Gasteiger partial charge is 0.246 e. The van der Waals surface area contributed by atoms with Crippen LogP contribution < -0.4 is 11.1 Å². The monoisotopic (exact) mass is 765 g/mol. The van der Waals surface area contributed by atoms with Gasteiger partial charge in [0.2, 0.25) is 5.91 Å². The molecule has 2 aromatic rings. The van der Waals surface area contributed by atoms with E-state index in [1.54, 1.807) is 6.92 Å². The third-order valence-corrected chi connectivity index (χ3v) is 15.6. The first-order valence-corrected chi connectivity index (χ1v) is 20.9. The Morgan fingerprint density at radius 1 is 1.11 bits per heavy atom. The predicted octanol–water partition coefficient (Wildman–Crippen LogP) is 7.19. The highest BCUT2D eigenvalue weighted by molar-refractivity contribution is 6.18. The Bertz CT molecular complexity index is 2140. The average molecular weight is 766 g/mol. The van der Waals surface area contributed by atoms with Crippen LogP contribution >= 0.6 is 0 Å². The molecule has 8 rings (SSSR count). The number of Topliss-reactive ketones (excluding diaryl/α,β-unsaturated/α-hetero) is 1. The lowest BCUT2D eigenvalue weighted by molar-refractivity contribution is -0.144. The number of ether oxygens (including phenoxy) is 2. The first-order chi connectivity index (χ1) is 26.2. The number of hydrogen-bond acceptors (Lipinski definition) is 7. The molecule has 1 amide bonds. The number of allylic oxidation sites excluding steroid dienone is 3. The summed E-state index contributed by atoms with van der Waals surface area (Å²) in [5.74, 6) is 0.130. The van der Waals surface area contributed by atoms with E-state index in [1.165, 1.54) is 11.3 Å². The van der Waals surface area contributed by atoms with E-state index in [0.717, 1.165) is 58.9 Å². The van der Waals surface area contributed by atoms with Crippen molar-refractivity contribution in [3.63, 3.8) is 0 Å². The van der Waals surface area contributed by atoms with E-state index in [4.69, 9.17) is 15.2 Å². The van der Waals surface area contributed by atoms with Crippen molar-refractivity contribution in [1.82, 2.24) is 9.88 Å². The molecule has 1 aromatic carbocycles. The van der Waals surface area contributed by atoms with Crippen LogP contribution in [0.1, 0.15) is 133 Å². The number of aromatic nitrogens is 1. The number of hydrogen-bond donors (Lipinski definition) is 4. The maximum atomic E-state index is 14.9. The van der Waals surface area contributed by atoms with Crippen molar-refractivity contribution in [2.24, 2.45) is 34.3 Å². The van der Waals surface area contributed by atoms with Crippen LogP contribution in [-0.2, 0) is 26.1 Å². The lowest BCUT2D eigenvalue weighted by Crippen LogP contribution is -2.62. The van der Waals surface area contributed by atoms with Gasteiger partial charge in [0.05, 0.1) is 47.7 Å². The molecule has 2 saturated carbocycles. The molecule has 9 atom stereocenters. The van der Waals surface area contributed by atoms with Crippen molar-refractivity contribution in [3.8, 4) is 0 Å². The van der Waals surface area contributed by atoms with Gasteiger partial charge in [-0.1, -0.05) is 51.2 Å². The molecule has 6 aliphatic rings. The van der Waals surface area contributed by atoms with E-state index in [0.29, 0.717) is 49.8 Å². The Hall–Kier alpha value is -3.34. The Morgan fingerprint density at radius 3 is 2.54 bits per heavy atom. The SMILES string of the molecule is C=C(C)C1C(=O)c2c3c(cc4c5c(n1c24)C1(C)C(CCC2C(C)(/C=C/C=C(\C)C(=O)NCCOCCN)C(O)CCC21C)C5)C1=CC(C)(C)OC(C)(C)C1C3O. The molecular formula is C47H63N3O6. The lowest BCUT2D eigenvalue weighted by Gasteiger charge is -2.64. The van der Waals surface area contributed by atoms with E-state index >= 15 is 0 Å². The Morgan fingerprint density at radius 2 is 1.84 bits per heavy atom. The van der Waals surface area contributed by atoms with E-state index in [9.17, 15) is 19.8 Å². The third kappa shape index (κ3) is 5.29. The molecular weight excluding hydrogens is 703 g/mol. The van der Waals surface area contributed by atoms with Crippen molar-refractivity contribution in [2.45, 2.75) is 129 Å². The second-order valence-electron chi connectivity index (χ2n) is 19.7. The molecule has 5 N–H and O–H groups in total. The zero-order valence-corrected chi connectivity index (χ0v) is 35.0. The van der Waals surface area contributed by atoms with Gasteiger partial charge < -0.3 is 35.3 Å². The first kappa shape index (κ1) is 39.5. The van der Waals surface area contributed by atoms with Crippen LogP contribution in [0.4, 0.5) is 0 Å². The highest BCUT2D eigenvalue weighted by atomic mass is 16.5. The summed E-state index contributed by atoms with van der Waals surface area (Å²) in [6.07, 6.45) is 11.2. The molecule has 2 fully saturated rings. The summed E-state index contributed by atoms with van der Waals surface area (Å²) in [6.45, 7) is 25.3. The standard InChI is InChI=1S/C47H63N3O6/c1-25(2)37-40(53)35-34-28(31-24-43(4,5)56-44(6,7)36(31)39(34)52)23-29-30-22-27-13-14-32-45(8,16-11-12-26(3)42(54)49-19-21-55-20-18-48)33(51)15-17-46(32,9)47(27,10)41(30)50(37)38(29)35/h11-12,16,23-24,27,32-33,36-37,39,51-52H,1,13-15,17-22,48H2,2-10H3,(H,49,54)/b16-11+,26-12+. The molecule has 302 valence electrons. The minimum absolute atomic E-state index is 0.0270. The molecule has 2 aliphatic heterocycles. The molecule has 1 aromatic heterocycles. The molecule has 56 heavy (non-hydrogen) atoms. The number of nitrogens with two attached hydrogens (primary N) is 1. The number of aliphatic hydroxyl groups is 2. The summed E-state index contributed by atoms with van der Waals surface area (Å²) in [5.41, 5.74) is 11.7. The van der Waals surface area contributed by atoms with Crippen LogP contribution in [0.5, 0.6) is 0 Å². The van der Waals surface area contributed by atoms with E-state index in [1.807, 2.05) is 19.1 Å². The molecule has 4 aliphatic carbocycles. The molecule has 9 nitrogen and oxygen atoms in total. The second kappa shape index (κ2) is 13.1. The molecule has 0 saturated heterocycles. The van der Waals surface area contributed by atoms with Crippen LogP contribution in [0.3, 0.4) is 0 Å². The van der Waals surface area contributed by atoms with Gasteiger partial charge in [-0.25, -0.2) is 0 Å². The van der Waals surface area contributed by atoms with Gasteiger partial charge in [-0.2, -0.15) is 0 Å². The molecule has 0 bridgehead atoms. The van der Waals surface area contributed by atoms with Gasteiger partial charge in [0.15, 0.2) is 5.78 Å². The molecule has 0 spiro atoms. The first-order valence-electron chi connectivity index (χ1n) is 20.9. The minimum Gasteiger partial charge on any atom is -0.392 e. The van der Waals surface area contributed by atoms with Crippen LogP contribution in [-0.4, -0.2) is 70.1 Å². The predicted molar refractivity (Wildman–Crippen MR) is 220 cm³/mol. The second-order valence-corrected chi connectivity index (χ2v) is 19.7. The summed E-state index contributed by atoms with van der Waals surface area (Å²) in [4.78, 5) is 27.8. The molecule has 3 heterocycles. The van der Waals surface area contributed by atoms with Gasteiger partial charge in [-0.05, 0) is 120 Å². The maximum absolute atomic E-state index is 14.9. The number of ketones is 1. The molecule has 9 heteroatoms. The summed E-state index contributed by atoms with van der Waals surface area (Å²) < 4.78 is 14.3. The number of amides is 1. The number of carbonyl (C=O) groups is 2.